The van der Waals surface area contributed by atoms with Gasteiger partial charge in [0.15, 0.2) is 4.60 Å². The largest absolute Gasteiger partial charge is 0.251 e. The molecular weight excluding hydrogens is 206 g/mol. The Kier molecular flexibility index (Phi) is 3.05. The van der Waals surface area contributed by atoms with Crippen molar-refractivity contribution in [2.75, 3.05) is 0 Å². The van der Waals surface area contributed by atoms with Gasteiger partial charge in [0, 0.05) is 7.05 Å². The highest BCUT2D eigenvalue weighted by atomic mass is 79.9. The van der Waals surface area contributed by atoms with Gasteiger partial charge in [-0.15, -0.1) is 5.10 Å². The fourth-order valence-electron chi connectivity index (χ4n) is 0.961. The van der Waals surface area contributed by atoms with E-state index in [0.29, 0.717) is 0 Å². The van der Waals surface area contributed by atoms with Crippen molar-refractivity contribution in [1.82, 2.24) is 15.0 Å². The van der Waals surface area contributed by atoms with Crippen molar-refractivity contribution in [3.05, 3.63) is 10.3 Å². The first-order chi connectivity index (χ1) is 5.25. The standard InChI is InChI=1S/C7H12BrN3/c1-3-4-5-6-7(8)9-10-11(6)2/h3-5H2,1-2H3. The Hall–Kier alpha value is -0.380. The SMILES string of the molecule is CCCCc1c(Br)nnn1C. The van der Waals surface area contributed by atoms with Gasteiger partial charge in [-0.3, -0.25) is 4.68 Å². The number of hydrogen-bond donors (Lipinski definition) is 0. The molecule has 1 heterocycles. The Morgan fingerprint density at radius 1 is 1.55 bits per heavy atom. The van der Waals surface area contributed by atoms with Crippen LogP contribution in [0.2, 0.25) is 0 Å². The molecule has 62 valence electrons. The average Bonchev–Trinajstić information content (AvgIpc) is 2.29. The normalized spacial score (nSPS) is 10.5. The molecule has 1 rings (SSSR count). The number of aromatic nitrogens is 3. The first-order valence-corrected chi connectivity index (χ1v) is 4.59. The van der Waals surface area contributed by atoms with Crippen LogP contribution in [0.4, 0.5) is 0 Å². The Morgan fingerprint density at radius 3 is 2.73 bits per heavy atom. The minimum Gasteiger partial charge on any atom is -0.251 e. The zero-order valence-corrected chi connectivity index (χ0v) is 8.43. The zero-order valence-electron chi connectivity index (χ0n) is 6.84. The molecule has 0 saturated carbocycles. The lowest BCUT2D eigenvalue weighted by Gasteiger charge is -1.98. The summed E-state index contributed by atoms with van der Waals surface area (Å²) in [6.07, 6.45) is 3.46. The van der Waals surface area contributed by atoms with Crippen LogP contribution in [0.25, 0.3) is 0 Å². The van der Waals surface area contributed by atoms with Crippen LogP contribution in [0.1, 0.15) is 25.5 Å². The molecule has 1 aromatic rings. The van der Waals surface area contributed by atoms with E-state index in [1.807, 2.05) is 11.7 Å². The van der Waals surface area contributed by atoms with Gasteiger partial charge in [-0.1, -0.05) is 18.6 Å². The molecule has 4 heteroatoms. The van der Waals surface area contributed by atoms with Crippen molar-refractivity contribution in [3.63, 3.8) is 0 Å². The molecule has 0 aliphatic rings. The molecule has 3 nitrogen and oxygen atoms in total. The molecule has 0 fully saturated rings. The van der Waals surface area contributed by atoms with E-state index < -0.39 is 0 Å². The van der Waals surface area contributed by atoms with Gasteiger partial charge in [0.1, 0.15) is 0 Å². The topological polar surface area (TPSA) is 30.7 Å². The lowest BCUT2D eigenvalue weighted by atomic mass is 10.2. The highest BCUT2D eigenvalue weighted by Gasteiger charge is 2.05. The average molecular weight is 218 g/mol. The van der Waals surface area contributed by atoms with E-state index in [1.165, 1.54) is 18.5 Å². The van der Waals surface area contributed by atoms with Gasteiger partial charge >= 0.3 is 0 Å². The molecule has 0 amide bonds. The second-order valence-electron chi connectivity index (χ2n) is 2.55. The van der Waals surface area contributed by atoms with Crippen LogP contribution in [0.3, 0.4) is 0 Å². The Balaban J connectivity index is 2.67. The molecule has 0 aromatic carbocycles. The van der Waals surface area contributed by atoms with Gasteiger partial charge in [-0.25, -0.2) is 0 Å². The van der Waals surface area contributed by atoms with Crippen molar-refractivity contribution in [1.29, 1.82) is 0 Å². The van der Waals surface area contributed by atoms with Gasteiger partial charge in [0.2, 0.25) is 0 Å². The molecule has 0 aliphatic heterocycles. The summed E-state index contributed by atoms with van der Waals surface area (Å²) >= 11 is 3.35. The highest BCUT2D eigenvalue weighted by Crippen LogP contribution is 2.13. The van der Waals surface area contributed by atoms with Crippen LogP contribution >= 0.6 is 15.9 Å². The smallest absolute Gasteiger partial charge is 0.151 e. The lowest BCUT2D eigenvalue weighted by Crippen LogP contribution is -1.98. The molecule has 0 N–H and O–H groups in total. The van der Waals surface area contributed by atoms with E-state index in [2.05, 4.69) is 33.2 Å². The number of aryl methyl sites for hydroxylation is 1. The van der Waals surface area contributed by atoms with Crippen molar-refractivity contribution in [2.45, 2.75) is 26.2 Å². The molecule has 0 unspecified atom stereocenters. The Morgan fingerprint density at radius 2 is 2.27 bits per heavy atom. The van der Waals surface area contributed by atoms with Crippen LogP contribution in [0.5, 0.6) is 0 Å². The number of halogens is 1. The molecule has 1 aromatic heterocycles. The van der Waals surface area contributed by atoms with Crippen LogP contribution in [0.15, 0.2) is 4.60 Å². The summed E-state index contributed by atoms with van der Waals surface area (Å²) in [7, 11) is 1.92. The monoisotopic (exact) mass is 217 g/mol. The third kappa shape index (κ3) is 2.02. The van der Waals surface area contributed by atoms with Gasteiger partial charge in [-0.05, 0) is 28.8 Å². The maximum atomic E-state index is 3.90. The number of rotatable bonds is 3. The van der Waals surface area contributed by atoms with Crippen molar-refractivity contribution >= 4 is 15.9 Å². The second kappa shape index (κ2) is 3.85. The third-order valence-corrected chi connectivity index (χ3v) is 2.28. The maximum absolute atomic E-state index is 3.90. The van der Waals surface area contributed by atoms with Crippen LogP contribution < -0.4 is 0 Å². The van der Waals surface area contributed by atoms with E-state index in [0.717, 1.165) is 11.0 Å². The summed E-state index contributed by atoms with van der Waals surface area (Å²) in [5.74, 6) is 0. The fourth-order valence-corrected chi connectivity index (χ4v) is 1.49. The van der Waals surface area contributed by atoms with Crippen molar-refractivity contribution < 1.29 is 0 Å². The van der Waals surface area contributed by atoms with Crippen molar-refractivity contribution in [2.24, 2.45) is 7.05 Å². The van der Waals surface area contributed by atoms with Gasteiger partial charge in [0.05, 0.1) is 5.69 Å². The summed E-state index contributed by atoms with van der Waals surface area (Å²) in [6, 6.07) is 0. The van der Waals surface area contributed by atoms with E-state index in [-0.39, 0.29) is 0 Å². The molecule has 0 radical (unpaired) electrons. The molecule has 0 atom stereocenters. The van der Waals surface area contributed by atoms with E-state index >= 15 is 0 Å². The van der Waals surface area contributed by atoms with Crippen LogP contribution in [0, 0.1) is 0 Å². The number of unbranched alkanes of at least 4 members (excludes halogenated alkanes) is 1. The summed E-state index contributed by atoms with van der Waals surface area (Å²) in [5.41, 5.74) is 1.19. The molecule has 0 saturated heterocycles. The second-order valence-corrected chi connectivity index (χ2v) is 3.31. The predicted octanol–water partition coefficient (Wildman–Crippen LogP) is 1.92. The molecule has 0 bridgehead atoms. The van der Waals surface area contributed by atoms with Gasteiger partial charge in [0.25, 0.3) is 0 Å². The van der Waals surface area contributed by atoms with Gasteiger partial charge in [-0.2, -0.15) is 0 Å². The molecule has 11 heavy (non-hydrogen) atoms. The van der Waals surface area contributed by atoms with Gasteiger partial charge < -0.3 is 0 Å². The third-order valence-electron chi connectivity index (χ3n) is 1.66. The Bertz CT molecular complexity index is 212. The Labute approximate surface area is 74.9 Å². The summed E-state index contributed by atoms with van der Waals surface area (Å²) in [5, 5.41) is 7.79. The van der Waals surface area contributed by atoms with Crippen molar-refractivity contribution in [3.8, 4) is 0 Å². The molecule has 0 aliphatic carbocycles. The first-order valence-electron chi connectivity index (χ1n) is 3.79. The molecule has 0 spiro atoms. The quantitative estimate of drug-likeness (QED) is 0.775. The summed E-state index contributed by atoms with van der Waals surface area (Å²) < 4.78 is 2.70. The summed E-state index contributed by atoms with van der Waals surface area (Å²) in [6.45, 7) is 2.18. The van der Waals surface area contributed by atoms with E-state index in [4.69, 9.17) is 0 Å². The van der Waals surface area contributed by atoms with E-state index in [1.54, 1.807) is 0 Å². The fraction of sp³-hybridized carbons (Fsp3) is 0.714. The maximum Gasteiger partial charge on any atom is 0.151 e. The molecular formula is C7H12BrN3. The lowest BCUT2D eigenvalue weighted by molar-refractivity contribution is 0.655. The first kappa shape index (κ1) is 8.71. The minimum atomic E-state index is 0.883. The van der Waals surface area contributed by atoms with Crippen LogP contribution in [-0.2, 0) is 13.5 Å². The zero-order chi connectivity index (χ0) is 8.27. The van der Waals surface area contributed by atoms with Crippen LogP contribution in [-0.4, -0.2) is 15.0 Å². The summed E-state index contributed by atoms with van der Waals surface area (Å²) in [4.78, 5) is 0. The number of nitrogens with zero attached hydrogens (tertiary/aromatic N) is 3. The highest BCUT2D eigenvalue weighted by molar-refractivity contribution is 9.10. The predicted molar refractivity (Wildman–Crippen MR) is 47.3 cm³/mol. The minimum absolute atomic E-state index is 0.883. The van der Waals surface area contributed by atoms with E-state index in [9.17, 15) is 0 Å². The number of hydrogen-bond acceptors (Lipinski definition) is 2.